The molecule has 4 N–H and O–H groups in total. The zero-order chi connectivity index (χ0) is 48.8. The molecule has 0 aromatic carbocycles. The number of ether oxygens (including phenoxy) is 3. The monoisotopic (exact) mass is 975 g/mol. The van der Waals surface area contributed by atoms with Crippen molar-refractivity contribution in [2.75, 3.05) is 50.4 Å². The molecule has 20 nitrogen and oxygen atoms in total. The summed E-state index contributed by atoms with van der Waals surface area (Å²) in [6.07, 6.45) is 3.91. The zero-order valence-electron chi connectivity index (χ0n) is 38.5. The van der Waals surface area contributed by atoms with E-state index in [9.17, 15) is 33.6 Å². The van der Waals surface area contributed by atoms with Crippen LogP contribution in [0.4, 0.5) is 9.93 Å². The lowest BCUT2D eigenvalue weighted by atomic mass is 10.0. The average Bonchev–Trinajstić information content (AvgIpc) is 3.89. The van der Waals surface area contributed by atoms with E-state index in [1.165, 1.54) is 42.1 Å². The Kier molecular flexibility index (Phi) is 16.7. The van der Waals surface area contributed by atoms with Crippen LogP contribution in [-0.4, -0.2) is 142 Å². The molecule has 5 heterocycles. The molecule has 2 fully saturated rings. The van der Waals surface area contributed by atoms with E-state index in [0.717, 1.165) is 37.0 Å². The number of hydrogen-bond acceptors (Lipinski definition) is 16. The maximum absolute atomic E-state index is 14.1. The fourth-order valence-electron chi connectivity index (χ4n) is 7.15. The molecule has 0 spiro atoms. The van der Waals surface area contributed by atoms with Crippen molar-refractivity contribution in [3.05, 3.63) is 49.5 Å². The number of anilines is 1. The van der Waals surface area contributed by atoms with E-state index in [-0.39, 0.29) is 45.3 Å². The SMILES string of the molecule is [B]OC(=O)C1=C(C[N+]2(CCNC(=O)c3[nH]cc(OCCCC)c(=O)c3Cl)CCCC2)CS[C@@H]2[C@H](NC(=O)/C(=N\OC(C)(C)C(=O)OC(C)(C)C)c3csc(NC(=O)OC(C)(C)C)n3)C(=O)N12. The number of β-lactam (4-membered cyclic amide) rings is 1. The van der Waals surface area contributed by atoms with Gasteiger partial charge in [-0.2, -0.15) is 0 Å². The molecule has 0 unspecified atom stereocenters. The molecular formula is C42H57BClN8O12S2+. The third kappa shape index (κ3) is 12.9. The number of nitrogens with zero attached hydrogens (tertiary/aromatic N) is 4. The van der Waals surface area contributed by atoms with Crippen molar-refractivity contribution in [1.82, 2.24) is 25.5 Å². The molecule has 24 heteroatoms. The second kappa shape index (κ2) is 21.2. The second-order valence-corrected chi connectivity index (χ2v) is 20.8. The standard InChI is InChI=1S/C42H56BClN8O12S2/c1-10-11-18-60-25-19-46-28(26(44)31(25)53)32(54)45-14-17-52(15-12-13-16-52)20-23-21-65-35-29(34(56)51(35)30(23)36(57)63-43)48-33(55)27(50-64-42(8,9)37(58)61-40(2,3)4)24-22-66-38(47-24)49-39(59)62-41(5,6)7/h19,22,29,35H,10-18,20-21H2,1-9H3,(H3-,45,46,47,48,49,53,54,55,59)/p+1/b50-27-/t29-,35-/m1/s1. The summed E-state index contributed by atoms with van der Waals surface area (Å²) < 4.78 is 21.4. The summed E-state index contributed by atoms with van der Waals surface area (Å²) in [5, 5.41) is 12.5. The lowest BCUT2D eigenvalue weighted by Crippen LogP contribution is -2.71. The number of likely N-dealkylation sites (tertiary alicyclic amines) is 1. The van der Waals surface area contributed by atoms with Crippen LogP contribution >= 0.6 is 34.7 Å². The van der Waals surface area contributed by atoms with Gasteiger partial charge < -0.3 is 43.8 Å². The van der Waals surface area contributed by atoms with Crippen LogP contribution in [0.3, 0.4) is 0 Å². The number of aromatic amines is 1. The minimum absolute atomic E-state index is 0.0263. The Morgan fingerprint density at radius 3 is 2.36 bits per heavy atom. The molecule has 0 saturated carbocycles. The molecule has 4 amide bonds. The van der Waals surface area contributed by atoms with E-state index < -0.39 is 75.1 Å². The third-order valence-electron chi connectivity index (χ3n) is 10.3. The number of pyridine rings is 1. The number of halogens is 1. The molecule has 2 aromatic heterocycles. The van der Waals surface area contributed by atoms with E-state index in [1.54, 1.807) is 41.5 Å². The highest BCUT2D eigenvalue weighted by atomic mass is 35.5. The first-order valence-corrected chi connectivity index (χ1v) is 23.7. The smallest absolute Gasteiger partial charge is 0.413 e. The molecule has 3 aliphatic heterocycles. The highest BCUT2D eigenvalue weighted by molar-refractivity contribution is 8.00. The summed E-state index contributed by atoms with van der Waals surface area (Å²) in [5.41, 5.74) is -3.97. The number of quaternary nitrogens is 1. The summed E-state index contributed by atoms with van der Waals surface area (Å²) in [4.78, 5) is 107. The Hall–Kier alpha value is -5.13. The molecule has 358 valence electrons. The third-order valence-corrected chi connectivity index (χ3v) is 12.8. The summed E-state index contributed by atoms with van der Waals surface area (Å²) in [6, 6.07) is -1.16. The van der Waals surface area contributed by atoms with Crippen LogP contribution in [0, 0.1) is 0 Å². The van der Waals surface area contributed by atoms with Gasteiger partial charge in [0.25, 0.3) is 17.7 Å². The fourth-order valence-corrected chi connectivity index (χ4v) is 9.40. The Balaban J connectivity index is 1.33. The highest BCUT2D eigenvalue weighted by Crippen LogP contribution is 2.42. The molecule has 2 aromatic rings. The van der Waals surface area contributed by atoms with E-state index in [0.29, 0.717) is 42.8 Å². The van der Waals surface area contributed by atoms with Gasteiger partial charge in [0.1, 0.15) is 51.3 Å². The van der Waals surface area contributed by atoms with Gasteiger partial charge >= 0.3 is 26.1 Å². The van der Waals surface area contributed by atoms with Crippen molar-refractivity contribution in [2.45, 2.75) is 116 Å². The molecule has 0 bridgehead atoms. The van der Waals surface area contributed by atoms with Crippen LogP contribution in [0.15, 0.2) is 32.8 Å². The molecule has 2 radical (unpaired) electrons. The summed E-state index contributed by atoms with van der Waals surface area (Å²) in [7, 11) is 5.42. The van der Waals surface area contributed by atoms with Gasteiger partial charge in [0.05, 0.1) is 32.8 Å². The highest BCUT2D eigenvalue weighted by Gasteiger charge is 2.55. The van der Waals surface area contributed by atoms with E-state index in [4.69, 9.17) is 43.4 Å². The predicted molar refractivity (Wildman–Crippen MR) is 247 cm³/mol. The van der Waals surface area contributed by atoms with Gasteiger partial charge in [0.15, 0.2) is 16.6 Å². The normalized spacial score (nSPS) is 18.4. The van der Waals surface area contributed by atoms with E-state index in [2.05, 4.69) is 31.1 Å². The van der Waals surface area contributed by atoms with Gasteiger partial charge in [-0.3, -0.25) is 29.4 Å². The topological polar surface area (TPSA) is 246 Å². The Morgan fingerprint density at radius 1 is 1.05 bits per heavy atom. The minimum atomic E-state index is -1.68. The Labute approximate surface area is 397 Å². The molecule has 0 aliphatic carbocycles. The summed E-state index contributed by atoms with van der Waals surface area (Å²) in [6.45, 7) is 17.6. The largest absolute Gasteiger partial charge is 0.539 e. The number of hydrogen-bond donors (Lipinski definition) is 4. The van der Waals surface area contributed by atoms with Gasteiger partial charge in [-0.25, -0.2) is 19.4 Å². The number of fused-ring (bicyclic) bond motifs is 1. The summed E-state index contributed by atoms with van der Waals surface area (Å²) in [5.74, 6) is -3.53. The Bertz CT molecular complexity index is 2320. The number of amides is 4. The second-order valence-electron chi connectivity index (χ2n) is 18.4. The molecule has 5 rings (SSSR count). The van der Waals surface area contributed by atoms with Crippen LogP contribution in [-0.2, 0) is 38.1 Å². The first kappa shape index (κ1) is 51.9. The molecular weight excluding hydrogens is 919 g/mol. The van der Waals surface area contributed by atoms with Gasteiger partial charge in [-0.15, -0.1) is 23.1 Å². The number of thiazole rings is 1. The van der Waals surface area contributed by atoms with Crippen molar-refractivity contribution < 1.29 is 57.0 Å². The number of carbonyl (C=O) groups is 6. The lowest BCUT2D eigenvalue weighted by molar-refractivity contribution is -0.911. The van der Waals surface area contributed by atoms with Crippen LogP contribution in [0.2, 0.25) is 5.02 Å². The summed E-state index contributed by atoms with van der Waals surface area (Å²) >= 11 is 8.56. The minimum Gasteiger partial charge on any atom is -0.539 e. The van der Waals surface area contributed by atoms with Crippen LogP contribution in [0.25, 0.3) is 0 Å². The van der Waals surface area contributed by atoms with Crippen molar-refractivity contribution in [3.8, 4) is 5.75 Å². The molecule has 2 saturated heterocycles. The quantitative estimate of drug-likeness (QED) is 0.0312. The van der Waals surface area contributed by atoms with E-state index >= 15 is 0 Å². The van der Waals surface area contributed by atoms with Crippen LogP contribution in [0.1, 0.15) is 104 Å². The number of rotatable bonds is 18. The molecule has 66 heavy (non-hydrogen) atoms. The van der Waals surface area contributed by atoms with Gasteiger partial charge in [0, 0.05) is 35.7 Å². The maximum Gasteiger partial charge on any atom is 0.413 e. The van der Waals surface area contributed by atoms with Crippen LogP contribution in [0.5, 0.6) is 5.75 Å². The molecule has 3 aliphatic rings. The number of esters is 1. The first-order chi connectivity index (χ1) is 30.9. The number of H-pyrrole nitrogens is 1. The van der Waals surface area contributed by atoms with Crippen molar-refractivity contribution in [1.29, 1.82) is 0 Å². The van der Waals surface area contributed by atoms with Crippen LogP contribution < -0.4 is 26.1 Å². The number of oxime groups is 1. The zero-order valence-corrected chi connectivity index (χ0v) is 40.9. The number of unbranched alkanes of at least 4 members (excludes halogenated alkanes) is 1. The number of nitrogens with one attached hydrogen (secondary N) is 4. The molecule has 2 atom stereocenters. The van der Waals surface area contributed by atoms with Crippen molar-refractivity contribution in [2.24, 2.45) is 5.16 Å². The predicted octanol–water partition coefficient (Wildman–Crippen LogP) is 4.17. The maximum atomic E-state index is 14.1. The average molecular weight is 976 g/mol. The van der Waals surface area contributed by atoms with Gasteiger partial charge in [0.2, 0.25) is 11.0 Å². The number of thioether (sulfide) groups is 1. The van der Waals surface area contributed by atoms with Gasteiger partial charge in [-0.1, -0.05) is 30.1 Å². The lowest BCUT2D eigenvalue weighted by Gasteiger charge is -2.50. The fraction of sp³-hybridized carbons (Fsp3) is 0.595. The van der Waals surface area contributed by atoms with Crippen molar-refractivity contribution >= 4 is 89.3 Å². The first-order valence-electron chi connectivity index (χ1n) is 21.4. The van der Waals surface area contributed by atoms with Gasteiger partial charge in [-0.05, 0) is 61.8 Å². The van der Waals surface area contributed by atoms with E-state index in [1.807, 2.05) is 6.92 Å². The van der Waals surface area contributed by atoms with Crippen molar-refractivity contribution in [3.63, 3.8) is 0 Å². The number of aromatic nitrogens is 2. The Morgan fingerprint density at radius 2 is 1.73 bits per heavy atom. The number of carbonyl (C=O) groups excluding carboxylic acids is 6.